The van der Waals surface area contributed by atoms with Gasteiger partial charge in [-0.2, -0.15) is 0 Å². The summed E-state index contributed by atoms with van der Waals surface area (Å²) in [6.07, 6.45) is 4.85. The van der Waals surface area contributed by atoms with Gasteiger partial charge in [-0.25, -0.2) is 0 Å². The summed E-state index contributed by atoms with van der Waals surface area (Å²) in [6.45, 7) is 12.1. The quantitative estimate of drug-likeness (QED) is 0.737. The minimum Gasteiger partial charge on any atom is -0.380 e. The third-order valence-electron chi connectivity index (χ3n) is 4.63. The average molecular weight is 286 g/mol. The molecule has 3 N–H and O–H groups in total. The van der Waals surface area contributed by atoms with E-state index in [0.717, 1.165) is 32.2 Å². The maximum absolute atomic E-state index is 5.83. The zero-order valence-electron chi connectivity index (χ0n) is 13.8. The maximum Gasteiger partial charge on any atom is 0.119 e. The van der Waals surface area contributed by atoms with Crippen molar-refractivity contribution < 1.29 is 9.47 Å². The van der Waals surface area contributed by atoms with Crippen molar-refractivity contribution in [2.24, 2.45) is 17.6 Å². The van der Waals surface area contributed by atoms with E-state index in [0.29, 0.717) is 12.0 Å². The molecule has 0 radical (unpaired) electrons. The lowest BCUT2D eigenvalue weighted by atomic mass is 9.77. The molecule has 4 nitrogen and oxygen atoms in total. The first kappa shape index (κ1) is 17.9. The van der Waals surface area contributed by atoms with E-state index in [2.05, 4.69) is 19.2 Å². The van der Waals surface area contributed by atoms with Crippen LogP contribution in [0.4, 0.5) is 0 Å². The van der Waals surface area contributed by atoms with Crippen molar-refractivity contribution in [1.82, 2.24) is 5.32 Å². The van der Waals surface area contributed by atoms with Crippen molar-refractivity contribution in [1.29, 1.82) is 0 Å². The molecule has 0 aromatic rings. The van der Waals surface area contributed by atoms with Crippen molar-refractivity contribution in [3.05, 3.63) is 0 Å². The van der Waals surface area contributed by atoms with E-state index in [1.807, 2.05) is 13.8 Å². The first-order valence-electron chi connectivity index (χ1n) is 8.29. The molecule has 4 atom stereocenters. The average Bonchev–Trinajstić information content (AvgIpc) is 2.92. The van der Waals surface area contributed by atoms with Gasteiger partial charge < -0.3 is 20.5 Å². The lowest BCUT2D eigenvalue weighted by molar-refractivity contribution is -0.132. The summed E-state index contributed by atoms with van der Waals surface area (Å²) in [6, 6.07) is 0.625. The van der Waals surface area contributed by atoms with Crippen LogP contribution in [0.25, 0.3) is 0 Å². The maximum atomic E-state index is 5.83. The second kappa shape index (κ2) is 8.98. The molecule has 2 rings (SSSR count). The molecule has 4 unspecified atom stereocenters. The third kappa shape index (κ3) is 5.32. The van der Waals surface area contributed by atoms with E-state index in [4.69, 9.17) is 15.2 Å². The fourth-order valence-corrected chi connectivity index (χ4v) is 2.80. The molecule has 1 aliphatic carbocycles. The molecule has 0 bridgehead atoms. The highest BCUT2D eigenvalue weighted by molar-refractivity contribution is 4.89. The summed E-state index contributed by atoms with van der Waals surface area (Å²) in [4.78, 5) is 0. The van der Waals surface area contributed by atoms with Gasteiger partial charge in [0.2, 0.25) is 0 Å². The summed E-state index contributed by atoms with van der Waals surface area (Å²) in [7, 11) is 0. The van der Waals surface area contributed by atoms with Crippen molar-refractivity contribution >= 4 is 0 Å². The van der Waals surface area contributed by atoms with Crippen LogP contribution in [-0.2, 0) is 9.47 Å². The Hall–Kier alpha value is -0.160. The molecule has 1 heterocycles. The van der Waals surface area contributed by atoms with Crippen molar-refractivity contribution in [2.45, 2.75) is 65.1 Å². The monoisotopic (exact) mass is 286 g/mol. The second-order valence-electron chi connectivity index (χ2n) is 6.10. The molecule has 0 spiro atoms. The summed E-state index contributed by atoms with van der Waals surface area (Å²) in [5, 5.41) is 3.47. The van der Waals surface area contributed by atoms with Crippen LogP contribution in [0.1, 0.15) is 53.4 Å². The molecule has 0 aromatic carbocycles. The molecule has 2 aliphatic rings. The third-order valence-corrected chi connectivity index (χ3v) is 4.63. The highest BCUT2D eigenvalue weighted by Crippen LogP contribution is 2.36. The minimum atomic E-state index is -0.269. The highest BCUT2D eigenvalue weighted by Gasteiger charge is 2.40. The van der Waals surface area contributed by atoms with Gasteiger partial charge in [-0.3, -0.25) is 0 Å². The molecular formula is C16H34N2O2. The predicted molar refractivity (Wildman–Crippen MR) is 83.6 cm³/mol. The number of hydrogen-bond acceptors (Lipinski definition) is 4. The first-order chi connectivity index (χ1) is 9.55. The Labute approximate surface area is 124 Å². The predicted octanol–water partition coefficient (Wildman–Crippen LogP) is 2.52. The Morgan fingerprint density at radius 1 is 1.25 bits per heavy atom. The van der Waals surface area contributed by atoms with Crippen LogP contribution in [0.3, 0.4) is 0 Å². The van der Waals surface area contributed by atoms with Gasteiger partial charge in [-0.15, -0.1) is 0 Å². The number of ether oxygens (including phenoxy) is 2. The second-order valence-corrected chi connectivity index (χ2v) is 6.10. The molecule has 1 aliphatic heterocycles. The Balaban J connectivity index is 0.000000204. The Kier molecular flexibility index (Phi) is 8.03. The fourth-order valence-electron chi connectivity index (χ4n) is 2.80. The highest BCUT2D eigenvalue weighted by atomic mass is 16.5. The van der Waals surface area contributed by atoms with Crippen molar-refractivity contribution in [2.75, 3.05) is 26.4 Å². The summed E-state index contributed by atoms with van der Waals surface area (Å²) in [5.41, 5.74) is 5.57. The Morgan fingerprint density at radius 3 is 2.35 bits per heavy atom. The van der Waals surface area contributed by atoms with Crippen molar-refractivity contribution in [3.8, 4) is 0 Å². The molecule has 0 aromatic heterocycles. The molecule has 120 valence electrons. The molecule has 1 saturated carbocycles. The van der Waals surface area contributed by atoms with Crippen LogP contribution in [0.5, 0.6) is 0 Å². The van der Waals surface area contributed by atoms with E-state index in [9.17, 15) is 0 Å². The largest absolute Gasteiger partial charge is 0.380 e. The zero-order valence-corrected chi connectivity index (χ0v) is 13.8. The molecule has 20 heavy (non-hydrogen) atoms. The Bertz CT molecular complexity index is 263. The number of nitrogens with one attached hydrogen (secondary N) is 1. The van der Waals surface area contributed by atoms with Gasteiger partial charge in [0, 0.05) is 19.3 Å². The standard InChI is InChI=1S/C9H19NO.C7H15NO/c1-3-8-5-9(10-6-8)7-11-4-2;1-3-9-7(8)5-4-6(7)2/h8-10H,3-7H2,1-2H3;6H,3-5,8H2,1-2H3. The molecule has 2 fully saturated rings. The van der Waals surface area contributed by atoms with Crippen LogP contribution in [0, 0.1) is 11.8 Å². The fraction of sp³-hybridized carbons (Fsp3) is 1.00. The van der Waals surface area contributed by atoms with Crippen LogP contribution in [-0.4, -0.2) is 38.1 Å². The van der Waals surface area contributed by atoms with Crippen LogP contribution < -0.4 is 11.1 Å². The normalized spacial score (nSPS) is 36.1. The van der Waals surface area contributed by atoms with Gasteiger partial charge in [0.1, 0.15) is 5.72 Å². The summed E-state index contributed by atoms with van der Waals surface area (Å²) < 4.78 is 10.7. The van der Waals surface area contributed by atoms with E-state index in [-0.39, 0.29) is 5.72 Å². The van der Waals surface area contributed by atoms with E-state index in [1.165, 1.54) is 25.8 Å². The first-order valence-corrected chi connectivity index (χ1v) is 8.29. The van der Waals surface area contributed by atoms with Crippen LogP contribution in [0.2, 0.25) is 0 Å². The molecule has 1 saturated heterocycles. The van der Waals surface area contributed by atoms with Crippen LogP contribution >= 0.6 is 0 Å². The summed E-state index contributed by atoms with van der Waals surface area (Å²) in [5.74, 6) is 1.44. The lowest BCUT2D eigenvalue weighted by Gasteiger charge is -2.44. The van der Waals surface area contributed by atoms with Gasteiger partial charge in [0.25, 0.3) is 0 Å². The molecule has 4 heteroatoms. The van der Waals surface area contributed by atoms with Crippen LogP contribution in [0.15, 0.2) is 0 Å². The lowest BCUT2D eigenvalue weighted by Crippen LogP contribution is -2.55. The van der Waals surface area contributed by atoms with E-state index in [1.54, 1.807) is 0 Å². The minimum absolute atomic E-state index is 0.269. The number of hydrogen-bond donors (Lipinski definition) is 2. The van der Waals surface area contributed by atoms with Gasteiger partial charge in [0.15, 0.2) is 0 Å². The SMILES string of the molecule is CCOC1(N)CCC1C.CCOCC1CC(CC)CN1. The van der Waals surface area contributed by atoms with Gasteiger partial charge in [-0.1, -0.05) is 20.3 Å². The molecular weight excluding hydrogens is 252 g/mol. The Morgan fingerprint density at radius 2 is 2.00 bits per heavy atom. The molecule has 0 amide bonds. The van der Waals surface area contributed by atoms with E-state index >= 15 is 0 Å². The zero-order chi connectivity index (χ0) is 15.0. The smallest absolute Gasteiger partial charge is 0.119 e. The van der Waals surface area contributed by atoms with Crippen molar-refractivity contribution in [3.63, 3.8) is 0 Å². The number of nitrogens with two attached hydrogens (primary N) is 1. The summed E-state index contributed by atoms with van der Waals surface area (Å²) >= 11 is 0. The topological polar surface area (TPSA) is 56.5 Å². The van der Waals surface area contributed by atoms with E-state index < -0.39 is 0 Å². The van der Waals surface area contributed by atoms with Gasteiger partial charge in [0.05, 0.1) is 6.61 Å². The number of rotatable bonds is 6. The van der Waals surface area contributed by atoms with Gasteiger partial charge in [-0.05, 0) is 51.5 Å². The van der Waals surface area contributed by atoms with Gasteiger partial charge >= 0.3 is 0 Å².